The summed E-state index contributed by atoms with van der Waals surface area (Å²) in [7, 11) is 0. The second kappa shape index (κ2) is 6.89. The van der Waals surface area contributed by atoms with Gasteiger partial charge in [-0.15, -0.1) is 12.3 Å². The lowest BCUT2D eigenvalue weighted by atomic mass is 9.40. The van der Waals surface area contributed by atoms with Crippen molar-refractivity contribution >= 4 is 0 Å². The van der Waals surface area contributed by atoms with Crippen molar-refractivity contribution in [3.8, 4) is 12.3 Å². The molecule has 26 heavy (non-hydrogen) atoms. The number of hydrogen-bond acceptors (Lipinski definition) is 0. The third-order valence-corrected chi connectivity index (χ3v) is 9.50. The normalized spacial score (nSPS) is 48.5. The molecule has 5 unspecified atom stereocenters. The van der Waals surface area contributed by atoms with Crippen LogP contribution in [0.1, 0.15) is 92.4 Å². The van der Waals surface area contributed by atoms with Gasteiger partial charge in [0.25, 0.3) is 0 Å². The molecule has 144 valence electrons. The van der Waals surface area contributed by atoms with Gasteiger partial charge in [0.15, 0.2) is 0 Å². The molecule has 4 rings (SSSR count). The molecule has 4 saturated carbocycles. The van der Waals surface area contributed by atoms with Crippen LogP contribution in [0.25, 0.3) is 0 Å². The fourth-order valence-electron chi connectivity index (χ4n) is 7.88. The lowest BCUT2D eigenvalue weighted by Crippen LogP contribution is -2.56. The molecule has 0 aromatic carbocycles. The van der Waals surface area contributed by atoms with Crippen LogP contribution in [0.2, 0.25) is 0 Å². The molecule has 0 radical (unpaired) electrons. The number of rotatable bonds is 0. The Labute approximate surface area is 162 Å². The highest BCUT2D eigenvalue weighted by molar-refractivity contribution is 5.25. The minimum absolute atomic E-state index is 0.527. The third-order valence-electron chi connectivity index (χ3n) is 9.50. The Morgan fingerprint density at radius 3 is 2.38 bits per heavy atom. The molecular weight excluding hydrogens is 312 g/mol. The fraction of sp³-hybridized carbons (Fsp3) is 0.769. The molecule has 0 spiro atoms. The van der Waals surface area contributed by atoms with Crippen LogP contribution in [0.3, 0.4) is 0 Å². The summed E-state index contributed by atoms with van der Waals surface area (Å²) in [5.74, 6) is 5.19. The lowest BCUT2D eigenvalue weighted by Gasteiger charge is -2.64. The predicted octanol–water partition coefficient (Wildman–Crippen LogP) is 7.56. The largest absolute Gasteiger partial charge is 0.120 e. The van der Waals surface area contributed by atoms with E-state index in [0.29, 0.717) is 16.2 Å². The van der Waals surface area contributed by atoms with Crippen molar-refractivity contribution in [1.29, 1.82) is 0 Å². The molecule has 4 fully saturated rings. The van der Waals surface area contributed by atoms with Crippen molar-refractivity contribution in [2.45, 2.75) is 92.4 Å². The quantitative estimate of drug-likeness (QED) is 0.311. The molecule has 4 aliphatic carbocycles. The first-order chi connectivity index (χ1) is 12.3. The van der Waals surface area contributed by atoms with Gasteiger partial charge in [-0.2, -0.15) is 0 Å². The summed E-state index contributed by atoms with van der Waals surface area (Å²) in [4.78, 5) is 0. The van der Waals surface area contributed by atoms with Gasteiger partial charge < -0.3 is 0 Å². The standard InChI is InChI=1S/C23H36.C3H4/c1-6-17-7-8-19-18-10-12-21(3)15-16(2)9-14-23(21,5)20(18)11-13-22(17,19)4;1-3-2/h6,18-20H,2,7-15H2,1,3-5H3;1H,2H3/b17-6-;/t18?,19?,20?,21-,22?,23?;/m1./s1. The summed E-state index contributed by atoms with van der Waals surface area (Å²) in [5.41, 5.74) is 4.95. The zero-order chi connectivity index (χ0) is 19.2. The molecule has 0 N–H and O–H groups in total. The van der Waals surface area contributed by atoms with Gasteiger partial charge in [-0.1, -0.05) is 44.6 Å². The molecule has 6 atom stereocenters. The second-order valence-electron chi connectivity index (χ2n) is 10.4. The van der Waals surface area contributed by atoms with Crippen molar-refractivity contribution in [2.75, 3.05) is 0 Å². The van der Waals surface area contributed by atoms with Gasteiger partial charge in [0.2, 0.25) is 0 Å². The summed E-state index contributed by atoms with van der Waals surface area (Å²) in [6, 6.07) is 0. The van der Waals surface area contributed by atoms with Crippen LogP contribution in [-0.4, -0.2) is 0 Å². The third kappa shape index (κ3) is 2.73. The molecule has 0 bridgehead atoms. The SMILES string of the molecule is C#CC.C=C1CCC2(C)C3CCC4(C)/C(=C\C)CCC4C3CC[C@]2(C)C1. The van der Waals surface area contributed by atoms with Gasteiger partial charge in [0, 0.05) is 0 Å². The predicted molar refractivity (Wildman–Crippen MR) is 114 cm³/mol. The molecule has 0 amide bonds. The Balaban J connectivity index is 0.000000613. The zero-order valence-electron chi connectivity index (χ0n) is 18.0. The Morgan fingerprint density at radius 1 is 1.04 bits per heavy atom. The van der Waals surface area contributed by atoms with Crippen LogP contribution in [0.4, 0.5) is 0 Å². The molecular formula is C26H40. The van der Waals surface area contributed by atoms with E-state index in [-0.39, 0.29) is 0 Å². The molecule has 0 aliphatic heterocycles. The van der Waals surface area contributed by atoms with E-state index in [1.807, 2.05) is 0 Å². The number of terminal acetylenes is 1. The highest BCUT2D eigenvalue weighted by Gasteiger charge is 2.61. The maximum Gasteiger partial charge on any atom is -0.00297 e. The van der Waals surface area contributed by atoms with Crippen LogP contribution < -0.4 is 0 Å². The van der Waals surface area contributed by atoms with Gasteiger partial charge in [-0.3, -0.25) is 0 Å². The molecule has 4 aliphatic rings. The summed E-state index contributed by atoms with van der Waals surface area (Å²) in [6.45, 7) is 16.2. The molecule has 0 saturated heterocycles. The van der Waals surface area contributed by atoms with Crippen LogP contribution in [0, 0.1) is 46.3 Å². The Morgan fingerprint density at radius 2 is 1.73 bits per heavy atom. The topological polar surface area (TPSA) is 0 Å². The Kier molecular flexibility index (Phi) is 5.24. The average molecular weight is 353 g/mol. The highest BCUT2D eigenvalue weighted by Crippen LogP contribution is 2.70. The van der Waals surface area contributed by atoms with Crippen molar-refractivity contribution in [2.24, 2.45) is 34.0 Å². The summed E-state index contributed by atoms with van der Waals surface area (Å²) >= 11 is 0. The number of allylic oxidation sites excluding steroid dienone is 3. The first-order valence-electron chi connectivity index (χ1n) is 11.0. The summed E-state index contributed by atoms with van der Waals surface area (Å²) in [5, 5.41) is 0. The fourth-order valence-corrected chi connectivity index (χ4v) is 7.88. The minimum Gasteiger partial charge on any atom is -0.120 e. The highest BCUT2D eigenvalue weighted by atomic mass is 14.7. The van der Waals surface area contributed by atoms with Crippen molar-refractivity contribution in [3.63, 3.8) is 0 Å². The van der Waals surface area contributed by atoms with E-state index in [9.17, 15) is 0 Å². The van der Waals surface area contributed by atoms with E-state index in [1.54, 1.807) is 12.5 Å². The van der Waals surface area contributed by atoms with Crippen molar-refractivity contribution in [1.82, 2.24) is 0 Å². The summed E-state index contributed by atoms with van der Waals surface area (Å²) < 4.78 is 0. The van der Waals surface area contributed by atoms with Crippen LogP contribution in [-0.2, 0) is 0 Å². The zero-order valence-corrected chi connectivity index (χ0v) is 18.0. The average Bonchev–Trinajstić information content (AvgIpc) is 2.93. The molecule has 0 nitrogen and oxygen atoms in total. The van der Waals surface area contributed by atoms with Gasteiger partial charge in [-0.05, 0) is 106 Å². The van der Waals surface area contributed by atoms with E-state index in [0.717, 1.165) is 17.8 Å². The van der Waals surface area contributed by atoms with Gasteiger partial charge >= 0.3 is 0 Å². The number of hydrogen-bond donors (Lipinski definition) is 0. The van der Waals surface area contributed by atoms with Crippen LogP contribution in [0.5, 0.6) is 0 Å². The molecule has 0 aromatic rings. The monoisotopic (exact) mass is 352 g/mol. The lowest BCUT2D eigenvalue weighted by molar-refractivity contribution is -0.135. The van der Waals surface area contributed by atoms with E-state index in [4.69, 9.17) is 0 Å². The molecule has 0 heteroatoms. The van der Waals surface area contributed by atoms with E-state index in [2.05, 4.69) is 52.7 Å². The second-order valence-corrected chi connectivity index (χ2v) is 10.4. The van der Waals surface area contributed by atoms with Crippen LogP contribution in [0.15, 0.2) is 23.8 Å². The van der Waals surface area contributed by atoms with Gasteiger partial charge in [-0.25, -0.2) is 0 Å². The maximum atomic E-state index is 4.60. The molecule has 0 heterocycles. The minimum atomic E-state index is 0.527. The van der Waals surface area contributed by atoms with E-state index >= 15 is 0 Å². The van der Waals surface area contributed by atoms with Gasteiger partial charge in [0.05, 0.1) is 0 Å². The first-order valence-corrected chi connectivity index (χ1v) is 11.0. The van der Waals surface area contributed by atoms with Crippen molar-refractivity contribution in [3.05, 3.63) is 23.8 Å². The van der Waals surface area contributed by atoms with Crippen molar-refractivity contribution < 1.29 is 0 Å². The van der Waals surface area contributed by atoms with E-state index in [1.165, 1.54) is 63.4 Å². The smallest absolute Gasteiger partial charge is 0.00297 e. The molecule has 0 aromatic heterocycles. The van der Waals surface area contributed by atoms with Gasteiger partial charge in [0.1, 0.15) is 0 Å². The number of fused-ring (bicyclic) bond motifs is 5. The first kappa shape index (κ1) is 19.8. The maximum absolute atomic E-state index is 4.60. The Bertz CT molecular complexity index is 631. The van der Waals surface area contributed by atoms with E-state index < -0.39 is 0 Å². The Hall–Kier alpha value is -0.960. The van der Waals surface area contributed by atoms with Crippen LogP contribution >= 0.6 is 0 Å². The summed E-state index contributed by atoms with van der Waals surface area (Å²) in [6.07, 6.45) is 19.8.